The fourth-order valence-electron chi connectivity index (χ4n) is 1.59. The van der Waals surface area contributed by atoms with E-state index in [2.05, 4.69) is 19.9 Å². The van der Waals surface area contributed by atoms with Crippen LogP contribution >= 0.6 is 0 Å². The Kier molecular flexibility index (Phi) is 1.51. The molecule has 0 unspecified atom stereocenters. The molecule has 3 heterocycles. The minimum Gasteiger partial charge on any atom is -0.346 e. The number of nitrogens with one attached hydrogen (secondary N) is 3. The summed E-state index contributed by atoms with van der Waals surface area (Å²) in [6.07, 6.45) is 3.34. The van der Waals surface area contributed by atoms with Crippen LogP contribution in [0.15, 0.2) is 18.5 Å². The molecular weight excluding hydrogens is 216 g/mol. The highest BCUT2D eigenvalue weighted by molar-refractivity contribution is 7.63. The third kappa shape index (κ3) is 1.10. The molecule has 0 aromatic carbocycles. The van der Waals surface area contributed by atoms with Crippen molar-refractivity contribution in [3.05, 3.63) is 23.2 Å². The summed E-state index contributed by atoms with van der Waals surface area (Å²) in [5.41, 5.74) is 2.13. The molecule has 0 amide bonds. The van der Waals surface area contributed by atoms with Crippen molar-refractivity contribution in [3.8, 4) is 0 Å². The molecule has 0 spiro atoms. The van der Waals surface area contributed by atoms with Crippen molar-refractivity contribution in [1.29, 1.82) is 0 Å². The summed E-state index contributed by atoms with van der Waals surface area (Å²) in [5.74, 6) is 0. The van der Waals surface area contributed by atoms with Gasteiger partial charge in [0.2, 0.25) is 4.77 Å². The van der Waals surface area contributed by atoms with E-state index in [4.69, 9.17) is 0 Å². The SMILES string of the molecule is O=S(=O)=c1[nH]c2cnc3[nH]ccc3c2[nH]1. The Balaban J connectivity index is 2.70. The van der Waals surface area contributed by atoms with Crippen LogP contribution in [-0.4, -0.2) is 28.4 Å². The molecule has 0 saturated carbocycles. The Morgan fingerprint density at radius 3 is 2.93 bits per heavy atom. The first kappa shape index (κ1) is 8.30. The van der Waals surface area contributed by atoms with Gasteiger partial charge in [0.15, 0.2) is 0 Å². The van der Waals surface area contributed by atoms with Gasteiger partial charge in [-0.05, 0) is 6.07 Å². The molecule has 3 aromatic heterocycles. The molecule has 3 N–H and O–H groups in total. The van der Waals surface area contributed by atoms with Crippen molar-refractivity contribution >= 4 is 32.4 Å². The molecule has 0 aliphatic heterocycles. The number of aromatic nitrogens is 4. The van der Waals surface area contributed by atoms with Crippen molar-refractivity contribution in [3.63, 3.8) is 0 Å². The minimum absolute atomic E-state index is 0.0560. The fourth-order valence-corrected chi connectivity index (χ4v) is 1.97. The molecule has 0 aliphatic carbocycles. The third-order valence-electron chi connectivity index (χ3n) is 2.24. The topological polar surface area (TPSA) is 94.4 Å². The average Bonchev–Trinajstić information content (AvgIpc) is 2.82. The van der Waals surface area contributed by atoms with Gasteiger partial charge >= 0.3 is 0 Å². The molecule has 0 fully saturated rings. The Morgan fingerprint density at radius 2 is 2.13 bits per heavy atom. The molecule has 0 radical (unpaired) electrons. The molecule has 76 valence electrons. The zero-order chi connectivity index (χ0) is 10.4. The Labute approximate surface area is 84.5 Å². The van der Waals surface area contributed by atoms with E-state index in [1.165, 1.54) is 0 Å². The first-order valence-corrected chi connectivity index (χ1v) is 5.29. The number of pyridine rings is 1. The lowest BCUT2D eigenvalue weighted by Crippen LogP contribution is -1.77. The van der Waals surface area contributed by atoms with Crippen LogP contribution in [0.4, 0.5) is 0 Å². The summed E-state index contributed by atoms with van der Waals surface area (Å²) in [6, 6.07) is 1.84. The lowest BCUT2D eigenvalue weighted by molar-refractivity contribution is 0.623. The first-order chi connectivity index (χ1) is 7.25. The van der Waals surface area contributed by atoms with Crippen molar-refractivity contribution < 1.29 is 8.42 Å². The van der Waals surface area contributed by atoms with Crippen LogP contribution in [0.25, 0.3) is 22.1 Å². The Hall–Kier alpha value is -2.02. The van der Waals surface area contributed by atoms with Crippen molar-refractivity contribution in [2.75, 3.05) is 0 Å². The quantitative estimate of drug-likeness (QED) is 0.490. The minimum atomic E-state index is -2.29. The van der Waals surface area contributed by atoms with Gasteiger partial charge in [0, 0.05) is 11.6 Å². The summed E-state index contributed by atoms with van der Waals surface area (Å²) in [5, 5.41) is 0.862. The Bertz CT molecular complexity index is 813. The van der Waals surface area contributed by atoms with Crippen LogP contribution < -0.4 is 0 Å². The van der Waals surface area contributed by atoms with E-state index >= 15 is 0 Å². The number of fused-ring (bicyclic) bond motifs is 3. The van der Waals surface area contributed by atoms with Crippen LogP contribution in [-0.2, 0) is 10.3 Å². The van der Waals surface area contributed by atoms with Gasteiger partial charge in [-0.2, -0.15) is 8.42 Å². The van der Waals surface area contributed by atoms with E-state index in [1.54, 1.807) is 12.4 Å². The number of hydrogen-bond acceptors (Lipinski definition) is 3. The van der Waals surface area contributed by atoms with Gasteiger partial charge in [-0.25, -0.2) is 4.98 Å². The second-order valence-electron chi connectivity index (χ2n) is 3.10. The zero-order valence-electron chi connectivity index (χ0n) is 7.40. The highest BCUT2D eigenvalue weighted by atomic mass is 32.2. The predicted octanol–water partition coefficient (Wildman–Crippen LogP) is 0.783. The van der Waals surface area contributed by atoms with E-state index in [-0.39, 0.29) is 4.77 Å². The second-order valence-corrected chi connectivity index (χ2v) is 3.98. The zero-order valence-corrected chi connectivity index (χ0v) is 8.22. The van der Waals surface area contributed by atoms with E-state index in [0.717, 1.165) is 16.6 Å². The monoisotopic (exact) mass is 222 g/mol. The third-order valence-corrected chi connectivity index (χ3v) is 2.78. The van der Waals surface area contributed by atoms with Gasteiger partial charge < -0.3 is 15.0 Å². The summed E-state index contributed by atoms with van der Waals surface area (Å²) in [4.78, 5) is 12.6. The summed E-state index contributed by atoms with van der Waals surface area (Å²) in [6.45, 7) is 0. The van der Waals surface area contributed by atoms with Gasteiger partial charge in [-0.3, -0.25) is 0 Å². The van der Waals surface area contributed by atoms with Crippen molar-refractivity contribution in [2.24, 2.45) is 0 Å². The number of aromatic amines is 3. The maximum Gasteiger partial charge on any atom is 0.256 e. The Morgan fingerprint density at radius 1 is 1.27 bits per heavy atom. The van der Waals surface area contributed by atoms with Gasteiger partial charge in [0.05, 0.1) is 17.2 Å². The van der Waals surface area contributed by atoms with E-state index in [9.17, 15) is 8.42 Å². The molecule has 0 atom stereocenters. The molecule has 3 rings (SSSR count). The highest BCUT2D eigenvalue weighted by Crippen LogP contribution is 2.18. The molecular formula is C8H6N4O2S. The van der Waals surface area contributed by atoms with Crippen LogP contribution in [0.1, 0.15) is 0 Å². The second kappa shape index (κ2) is 2.74. The van der Waals surface area contributed by atoms with Gasteiger partial charge in [-0.1, -0.05) is 0 Å². The molecule has 7 heteroatoms. The van der Waals surface area contributed by atoms with Crippen LogP contribution in [0, 0.1) is 4.77 Å². The van der Waals surface area contributed by atoms with Gasteiger partial charge in [0.25, 0.3) is 10.3 Å². The number of H-pyrrole nitrogens is 3. The number of rotatable bonds is 0. The number of imidazole rings is 1. The van der Waals surface area contributed by atoms with E-state index in [1.807, 2.05) is 6.07 Å². The van der Waals surface area contributed by atoms with Gasteiger partial charge in [0.1, 0.15) is 5.65 Å². The molecule has 0 bridgehead atoms. The van der Waals surface area contributed by atoms with Crippen LogP contribution in [0.2, 0.25) is 0 Å². The van der Waals surface area contributed by atoms with Crippen LogP contribution in [0.3, 0.4) is 0 Å². The fraction of sp³-hybridized carbons (Fsp3) is 0. The van der Waals surface area contributed by atoms with Crippen molar-refractivity contribution in [1.82, 2.24) is 19.9 Å². The molecule has 6 nitrogen and oxygen atoms in total. The molecule has 0 aliphatic rings. The van der Waals surface area contributed by atoms with Crippen molar-refractivity contribution in [2.45, 2.75) is 0 Å². The summed E-state index contributed by atoms with van der Waals surface area (Å²) >= 11 is 0. The summed E-state index contributed by atoms with van der Waals surface area (Å²) < 4.78 is 21.6. The van der Waals surface area contributed by atoms with E-state index in [0.29, 0.717) is 5.52 Å². The lowest BCUT2D eigenvalue weighted by Gasteiger charge is -1.89. The molecule has 15 heavy (non-hydrogen) atoms. The van der Waals surface area contributed by atoms with E-state index < -0.39 is 10.3 Å². The highest BCUT2D eigenvalue weighted by Gasteiger charge is 2.04. The van der Waals surface area contributed by atoms with Crippen LogP contribution in [0.5, 0.6) is 0 Å². The molecule has 0 saturated heterocycles. The maximum atomic E-state index is 10.8. The average molecular weight is 222 g/mol. The largest absolute Gasteiger partial charge is 0.346 e. The number of hydrogen-bond donors (Lipinski definition) is 3. The normalized spacial score (nSPS) is 11.2. The smallest absolute Gasteiger partial charge is 0.256 e. The standard InChI is InChI=1S/C8H6N4O2S/c13-15(14)8-11-5-3-10-7-4(1-2-9-7)6(5)12-8/h1-3,11-12H,(H,9,10). The first-order valence-electron chi connectivity index (χ1n) is 4.22. The predicted molar refractivity (Wildman–Crippen MR) is 54.5 cm³/mol. The molecule has 3 aromatic rings. The summed E-state index contributed by atoms with van der Waals surface area (Å²) in [7, 11) is -2.29. The van der Waals surface area contributed by atoms with Gasteiger partial charge in [-0.15, -0.1) is 0 Å². The maximum absolute atomic E-state index is 10.8. The lowest BCUT2D eigenvalue weighted by atomic mass is 10.3. The number of nitrogens with zero attached hydrogens (tertiary/aromatic N) is 1.